The molecule has 0 amide bonds. The molecule has 5 nitrogen and oxygen atoms in total. The first-order chi connectivity index (χ1) is 26.6. The second-order valence-corrected chi connectivity index (χ2v) is 19.2. The Morgan fingerprint density at radius 2 is 1.17 bits per heavy atom. The Kier molecular flexibility index (Phi) is 18.1. The lowest BCUT2D eigenvalue weighted by Gasteiger charge is -2.44. The molecular weight excluding hydrogens is 863 g/mol. The van der Waals surface area contributed by atoms with Crippen molar-refractivity contribution >= 4 is 14.3 Å². The third-order valence-electron chi connectivity index (χ3n) is 9.61. The van der Waals surface area contributed by atoms with Crippen molar-refractivity contribution in [1.29, 1.82) is 0 Å². The molecule has 0 saturated heterocycles. The summed E-state index contributed by atoms with van der Waals surface area (Å²) in [6.07, 6.45) is -3.97. The predicted molar refractivity (Wildman–Crippen MR) is 182 cm³/mol. The third kappa shape index (κ3) is 11.2. The van der Waals surface area contributed by atoms with Gasteiger partial charge in [-0.25, -0.2) is 4.79 Å². The van der Waals surface area contributed by atoms with Crippen LogP contribution in [-0.2, 0) is 14.0 Å². The molecule has 0 spiro atoms. The molecule has 2 atom stereocenters. The number of rotatable bonds is 24. The number of hydrogen-bond acceptors (Lipinski definition) is 5. The van der Waals surface area contributed by atoms with Gasteiger partial charge < -0.3 is 19.0 Å². The molecule has 0 aliphatic carbocycles. The maximum Gasteiger partial charge on any atom is 0.460 e. The largest absolute Gasteiger partial charge is 0.491 e. The van der Waals surface area contributed by atoms with Crippen LogP contribution in [0.4, 0.5) is 74.6 Å². The van der Waals surface area contributed by atoms with E-state index in [4.69, 9.17) is 13.9 Å². The highest BCUT2D eigenvalue weighted by Crippen LogP contribution is 2.64. The monoisotopic (exact) mass is 908 g/mol. The second-order valence-electron chi connectivity index (χ2n) is 14.2. The molecule has 342 valence electrons. The van der Waals surface area contributed by atoms with Crippen molar-refractivity contribution in [3.05, 3.63) is 54.1 Å². The summed E-state index contributed by atoms with van der Waals surface area (Å²) < 4.78 is 250. The minimum absolute atomic E-state index is 0.194. The molecule has 1 N–H and O–H groups in total. The van der Waals surface area contributed by atoms with E-state index in [0.717, 1.165) is 0 Å². The van der Waals surface area contributed by atoms with Gasteiger partial charge in [-0.1, -0.05) is 65.0 Å². The number of aliphatic hydroxyl groups excluding tert-OH is 1. The van der Waals surface area contributed by atoms with Crippen molar-refractivity contribution in [2.45, 2.75) is 132 Å². The van der Waals surface area contributed by atoms with Gasteiger partial charge in [-0.05, 0) is 60.5 Å². The number of esters is 1. The smallest absolute Gasteiger partial charge is 0.460 e. The van der Waals surface area contributed by atoms with Crippen LogP contribution < -0.4 is 4.74 Å². The van der Waals surface area contributed by atoms with Crippen LogP contribution in [0, 0.1) is 5.92 Å². The number of carbonyl (C=O) groups is 1. The van der Waals surface area contributed by atoms with E-state index in [9.17, 15) is 84.5 Å². The molecule has 0 radical (unpaired) electrons. The molecule has 0 aromatic heterocycles. The van der Waals surface area contributed by atoms with E-state index in [1.54, 1.807) is 26.0 Å². The number of hydrogen-bond donors (Lipinski definition) is 1. The Balaban J connectivity index is 3.09. The van der Waals surface area contributed by atoms with E-state index < -0.39 is 98.2 Å². The lowest BCUT2D eigenvalue weighted by molar-refractivity contribution is -0.461. The van der Waals surface area contributed by atoms with E-state index >= 15 is 0 Å². The maximum atomic E-state index is 14.9. The highest BCUT2D eigenvalue weighted by Gasteiger charge is 2.95. The highest BCUT2D eigenvalue weighted by atomic mass is 28.4. The van der Waals surface area contributed by atoms with E-state index in [0.29, 0.717) is 18.4 Å². The van der Waals surface area contributed by atoms with Crippen LogP contribution in [0.15, 0.2) is 48.6 Å². The summed E-state index contributed by atoms with van der Waals surface area (Å²) in [5.41, 5.74) is -1.20. The van der Waals surface area contributed by atoms with Gasteiger partial charge in [-0.3, -0.25) is 0 Å². The molecule has 0 fully saturated rings. The Morgan fingerprint density at radius 3 is 1.63 bits per heavy atom. The van der Waals surface area contributed by atoms with Gasteiger partial charge in [0.15, 0.2) is 8.32 Å². The van der Waals surface area contributed by atoms with Gasteiger partial charge in [0.25, 0.3) is 0 Å². The quantitative estimate of drug-likeness (QED) is 0.0280. The molecule has 0 aliphatic rings. The Morgan fingerprint density at radius 1 is 0.695 bits per heavy atom. The summed E-state index contributed by atoms with van der Waals surface area (Å²) in [5.74, 6) is -57.2. The number of benzene rings is 1. The average Bonchev–Trinajstić information content (AvgIpc) is 3.11. The van der Waals surface area contributed by atoms with Crippen molar-refractivity contribution in [2.24, 2.45) is 5.92 Å². The molecule has 23 heteroatoms. The van der Waals surface area contributed by atoms with Crippen LogP contribution >= 0.6 is 0 Å². The van der Waals surface area contributed by atoms with Crippen LogP contribution in [0.2, 0.25) is 17.1 Å². The standard InChI is InChI=1S/C36H45F17O5Si/c1-7-56-27(54)13-11-9-8-10-12-24(6)28(55)25-14-16-26(17-15-25)57-19-20-58-59(22(2)3,23(4)5)21-18-29(37,38)30(39,40)31(41,42)32(43,44)33(45,46)34(47,48)35(49,50)36(51,52)53/h8-9,11,13-17,22-24,28,55H,7,10,12,18-21H2,1-6H3/b9-8+,13-11+/t24-,28-/m1/s1. The Bertz CT molecular complexity index is 1540. The highest BCUT2D eigenvalue weighted by molar-refractivity contribution is 6.76. The molecular formula is C36H45F17O5Si. The fourth-order valence-corrected chi connectivity index (χ4v) is 10.3. The maximum absolute atomic E-state index is 14.9. The Hall–Kier alpha value is -3.08. The third-order valence-corrected chi connectivity index (χ3v) is 15.3. The number of carbonyl (C=O) groups excluding carboxylic acids is 1. The minimum Gasteiger partial charge on any atom is -0.491 e. The number of ether oxygens (including phenoxy) is 2. The summed E-state index contributed by atoms with van der Waals surface area (Å²) in [6, 6.07) is 4.65. The fraction of sp³-hybridized carbons (Fsp3) is 0.694. The summed E-state index contributed by atoms with van der Waals surface area (Å²) in [5, 5.41) is 10.7. The van der Waals surface area contributed by atoms with Gasteiger partial charge in [0.2, 0.25) is 0 Å². The number of allylic oxidation sites excluding steroid dienone is 3. The average molecular weight is 909 g/mol. The van der Waals surface area contributed by atoms with Gasteiger partial charge in [0.1, 0.15) is 12.4 Å². The van der Waals surface area contributed by atoms with Crippen LogP contribution in [-0.4, -0.2) is 86.8 Å². The molecule has 0 saturated carbocycles. The Labute approximate surface area is 330 Å². The van der Waals surface area contributed by atoms with Crippen molar-refractivity contribution in [3.8, 4) is 5.75 Å². The molecule has 59 heavy (non-hydrogen) atoms. The summed E-state index contributed by atoms with van der Waals surface area (Å²) in [7, 11) is -3.94. The van der Waals surface area contributed by atoms with Gasteiger partial charge in [-0.15, -0.1) is 0 Å². The van der Waals surface area contributed by atoms with Crippen molar-refractivity contribution in [1.82, 2.24) is 0 Å². The summed E-state index contributed by atoms with van der Waals surface area (Å²) >= 11 is 0. The van der Waals surface area contributed by atoms with Crippen LogP contribution in [0.1, 0.15) is 72.5 Å². The van der Waals surface area contributed by atoms with Crippen LogP contribution in [0.25, 0.3) is 0 Å². The normalized spacial score (nSPS) is 15.8. The summed E-state index contributed by atoms with van der Waals surface area (Å²) in [4.78, 5) is 11.3. The van der Waals surface area contributed by atoms with Crippen molar-refractivity contribution in [2.75, 3.05) is 19.8 Å². The molecule has 1 aromatic carbocycles. The van der Waals surface area contributed by atoms with Gasteiger partial charge in [0.05, 0.1) is 19.3 Å². The van der Waals surface area contributed by atoms with Gasteiger partial charge in [-0.2, -0.15) is 74.6 Å². The fourth-order valence-electron chi connectivity index (χ4n) is 5.85. The molecule has 0 aliphatic heterocycles. The molecule has 1 aromatic rings. The van der Waals surface area contributed by atoms with E-state index in [1.165, 1.54) is 64.1 Å². The first-order valence-electron chi connectivity index (χ1n) is 17.8. The number of alkyl halides is 17. The first kappa shape index (κ1) is 53.9. The summed E-state index contributed by atoms with van der Waals surface area (Å²) in [6.45, 7) is 8.19. The van der Waals surface area contributed by atoms with Crippen molar-refractivity contribution < 1.29 is 98.4 Å². The molecule has 0 bridgehead atoms. The first-order valence-corrected chi connectivity index (χ1v) is 20.1. The number of halogens is 17. The number of aliphatic hydroxyl groups is 1. The van der Waals surface area contributed by atoms with Crippen molar-refractivity contribution in [3.63, 3.8) is 0 Å². The minimum atomic E-state index is -8.68. The second kappa shape index (κ2) is 19.7. The van der Waals surface area contributed by atoms with Crippen LogP contribution in [0.3, 0.4) is 0 Å². The molecule has 0 heterocycles. The lowest BCUT2D eigenvalue weighted by atomic mass is 9.88. The zero-order valence-electron chi connectivity index (χ0n) is 32.4. The van der Waals surface area contributed by atoms with E-state index in [-0.39, 0.29) is 24.9 Å². The lowest BCUT2D eigenvalue weighted by Crippen LogP contribution is -2.74. The van der Waals surface area contributed by atoms with Gasteiger partial charge in [0, 0.05) is 12.5 Å². The van der Waals surface area contributed by atoms with Gasteiger partial charge >= 0.3 is 53.6 Å². The topological polar surface area (TPSA) is 65.0 Å². The SMILES string of the molecule is CCOC(=O)/C=C/C=C/CC[C@@H](C)[C@@H](O)c1ccc(OCCO[Si](CCC(F)(F)C(F)(F)C(F)(F)C(F)(F)C(F)(F)C(F)(F)C(F)(F)C(F)(F)F)(C(C)C)C(C)C)cc1. The molecule has 1 rings (SSSR count). The zero-order chi connectivity index (χ0) is 46.3. The molecule has 0 unspecified atom stereocenters. The van der Waals surface area contributed by atoms with Crippen LogP contribution in [0.5, 0.6) is 5.75 Å². The zero-order valence-corrected chi connectivity index (χ0v) is 33.4. The predicted octanol–water partition coefficient (Wildman–Crippen LogP) is 12.4. The van der Waals surface area contributed by atoms with E-state index in [1.807, 2.05) is 0 Å². The van der Waals surface area contributed by atoms with E-state index in [2.05, 4.69) is 0 Å².